The molecule has 0 bridgehead atoms. The molecule has 0 amide bonds. The lowest BCUT2D eigenvalue weighted by Gasteiger charge is -2.43. The van der Waals surface area contributed by atoms with Crippen molar-refractivity contribution < 1.29 is 24.1 Å². The van der Waals surface area contributed by atoms with Crippen molar-refractivity contribution in [3.8, 4) is 0 Å². The smallest absolute Gasteiger partial charge is 0.187 e. The summed E-state index contributed by atoms with van der Waals surface area (Å²) in [5, 5.41) is 11.2. The van der Waals surface area contributed by atoms with E-state index in [9.17, 15) is 5.11 Å². The van der Waals surface area contributed by atoms with Crippen LogP contribution >= 0.6 is 0 Å². The number of aliphatic hydroxyl groups is 1. The quantitative estimate of drug-likeness (QED) is 0.538. The molecule has 5 heteroatoms. The largest absolute Gasteiger partial charge is 0.387 e. The molecule has 4 rings (SSSR count). The van der Waals surface area contributed by atoms with Gasteiger partial charge in [-0.15, -0.1) is 0 Å². The standard InChI is InChI=1S/C27H30O5/c1-20-25(29-17-21-11-5-2-6-12-21)24(28)26(30-18-22-13-7-3-8-14-22)27(32-20)31-19-23-15-9-4-10-16-23/h2-16,20,24-28H,17-19H2,1H3/t20?,24?,25-,26?,27+/m0/s1. The third-order valence-electron chi connectivity index (χ3n) is 5.58. The number of aliphatic hydroxyl groups excluding tert-OH is 1. The van der Waals surface area contributed by atoms with Crippen LogP contribution in [0.25, 0.3) is 0 Å². The summed E-state index contributed by atoms with van der Waals surface area (Å²) in [6, 6.07) is 29.6. The molecule has 1 aliphatic heterocycles. The van der Waals surface area contributed by atoms with E-state index < -0.39 is 24.6 Å². The zero-order valence-corrected chi connectivity index (χ0v) is 18.2. The van der Waals surface area contributed by atoms with Crippen LogP contribution in [0, 0.1) is 0 Å². The van der Waals surface area contributed by atoms with Gasteiger partial charge >= 0.3 is 0 Å². The highest BCUT2D eigenvalue weighted by atomic mass is 16.7. The van der Waals surface area contributed by atoms with Gasteiger partial charge in [-0.3, -0.25) is 0 Å². The second-order valence-corrected chi connectivity index (χ2v) is 8.02. The molecule has 1 saturated heterocycles. The van der Waals surface area contributed by atoms with Crippen molar-refractivity contribution in [2.45, 2.75) is 57.5 Å². The van der Waals surface area contributed by atoms with Crippen molar-refractivity contribution in [2.75, 3.05) is 0 Å². The summed E-state index contributed by atoms with van der Waals surface area (Å²) in [5.41, 5.74) is 3.08. The van der Waals surface area contributed by atoms with Gasteiger partial charge in [0.1, 0.15) is 18.3 Å². The van der Waals surface area contributed by atoms with Crippen LogP contribution in [-0.4, -0.2) is 35.8 Å². The van der Waals surface area contributed by atoms with Crippen molar-refractivity contribution >= 4 is 0 Å². The van der Waals surface area contributed by atoms with Gasteiger partial charge in [0.25, 0.3) is 0 Å². The number of benzene rings is 3. The number of rotatable bonds is 9. The number of hydrogen-bond acceptors (Lipinski definition) is 5. The Morgan fingerprint density at radius 1 is 0.625 bits per heavy atom. The molecule has 32 heavy (non-hydrogen) atoms. The lowest BCUT2D eigenvalue weighted by molar-refractivity contribution is -0.314. The van der Waals surface area contributed by atoms with E-state index in [2.05, 4.69) is 0 Å². The Balaban J connectivity index is 1.44. The Morgan fingerprint density at radius 2 is 1.03 bits per heavy atom. The van der Waals surface area contributed by atoms with Gasteiger partial charge in [0.05, 0.1) is 25.9 Å². The Morgan fingerprint density at radius 3 is 1.50 bits per heavy atom. The summed E-state index contributed by atoms with van der Waals surface area (Å²) in [7, 11) is 0. The predicted molar refractivity (Wildman–Crippen MR) is 122 cm³/mol. The fourth-order valence-corrected chi connectivity index (χ4v) is 3.82. The summed E-state index contributed by atoms with van der Waals surface area (Å²) < 4.78 is 24.4. The molecule has 1 fully saturated rings. The van der Waals surface area contributed by atoms with Crippen LogP contribution < -0.4 is 0 Å². The van der Waals surface area contributed by atoms with Crippen LogP contribution in [0.15, 0.2) is 91.0 Å². The topological polar surface area (TPSA) is 57.2 Å². The molecule has 5 atom stereocenters. The number of hydrogen-bond donors (Lipinski definition) is 1. The van der Waals surface area contributed by atoms with Crippen molar-refractivity contribution in [3.63, 3.8) is 0 Å². The first-order valence-electron chi connectivity index (χ1n) is 11.0. The van der Waals surface area contributed by atoms with Gasteiger partial charge in [-0.25, -0.2) is 0 Å². The second-order valence-electron chi connectivity index (χ2n) is 8.02. The Kier molecular flexibility index (Phi) is 8.04. The van der Waals surface area contributed by atoms with Crippen LogP contribution in [0.3, 0.4) is 0 Å². The van der Waals surface area contributed by atoms with E-state index in [1.807, 2.05) is 97.9 Å². The van der Waals surface area contributed by atoms with Gasteiger partial charge in [0.2, 0.25) is 0 Å². The molecule has 0 radical (unpaired) electrons. The predicted octanol–water partition coefficient (Wildman–Crippen LogP) is 4.48. The molecular weight excluding hydrogens is 404 g/mol. The van der Waals surface area contributed by atoms with Gasteiger partial charge in [0, 0.05) is 0 Å². The maximum Gasteiger partial charge on any atom is 0.187 e. The highest BCUT2D eigenvalue weighted by molar-refractivity contribution is 5.15. The second kappa shape index (κ2) is 11.4. The van der Waals surface area contributed by atoms with Gasteiger partial charge in [0.15, 0.2) is 6.29 Å². The molecule has 0 spiro atoms. The first-order valence-corrected chi connectivity index (χ1v) is 11.0. The third-order valence-corrected chi connectivity index (χ3v) is 5.58. The van der Waals surface area contributed by atoms with Gasteiger partial charge in [-0.05, 0) is 23.6 Å². The average molecular weight is 435 g/mol. The molecular formula is C27H30O5. The van der Waals surface area contributed by atoms with Crippen molar-refractivity contribution in [3.05, 3.63) is 108 Å². The Bertz CT molecular complexity index is 919. The van der Waals surface area contributed by atoms with Crippen molar-refractivity contribution in [1.82, 2.24) is 0 Å². The fraction of sp³-hybridized carbons (Fsp3) is 0.333. The highest BCUT2D eigenvalue weighted by Crippen LogP contribution is 2.28. The first-order chi connectivity index (χ1) is 15.7. The van der Waals surface area contributed by atoms with E-state index in [0.717, 1.165) is 16.7 Å². The lowest BCUT2D eigenvalue weighted by Crippen LogP contribution is -2.59. The van der Waals surface area contributed by atoms with Crippen LogP contribution in [0.1, 0.15) is 23.6 Å². The van der Waals surface area contributed by atoms with E-state index in [1.165, 1.54) is 0 Å². The monoisotopic (exact) mass is 434 g/mol. The van der Waals surface area contributed by atoms with E-state index in [4.69, 9.17) is 18.9 Å². The molecule has 1 aliphatic rings. The summed E-state index contributed by atoms with van der Waals surface area (Å²) >= 11 is 0. The van der Waals surface area contributed by atoms with Gasteiger partial charge in [-0.1, -0.05) is 91.0 Å². The fourth-order valence-electron chi connectivity index (χ4n) is 3.82. The van der Waals surface area contributed by atoms with Crippen molar-refractivity contribution in [2.24, 2.45) is 0 Å². The van der Waals surface area contributed by atoms with Crippen LogP contribution in [0.4, 0.5) is 0 Å². The summed E-state index contributed by atoms with van der Waals surface area (Å²) in [4.78, 5) is 0. The minimum absolute atomic E-state index is 0.344. The van der Waals surface area contributed by atoms with Crippen molar-refractivity contribution in [1.29, 1.82) is 0 Å². The molecule has 1 N–H and O–H groups in total. The van der Waals surface area contributed by atoms with Gasteiger partial charge in [-0.2, -0.15) is 0 Å². The van der Waals surface area contributed by atoms with Crippen LogP contribution in [-0.2, 0) is 38.8 Å². The molecule has 168 valence electrons. The normalized spacial score (nSPS) is 25.5. The first kappa shape index (κ1) is 22.6. The minimum Gasteiger partial charge on any atom is -0.387 e. The molecule has 1 heterocycles. The van der Waals surface area contributed by atoms with E-state index in [0.29, 0.717) is 19.8 Å². The summed E-state index contributed by atoms with van der Waals surface area (Å²) in [6.45, 7) is 2.99. The molecule has 3 aromatic carbocycles. The third kappa shape index (κ3) is 6.03. The van der Waals surface area contributed by atoms with E-state index >= 15 is 0 Å². The summed E-state index contributed by atoms with van der Waals surface area (Å²) in [5.74, 6) is 0. The van der Waals surface area contributed by atoms with Crippen LogP contribution in [0.5, 0.6) is 0 Å². The minimum atomic E-state index is -0.896. The molecule has 0 aromatic heterocycles. The highest BCUT2D eigenvalue weighted by Gasteiger charge is 2.45. The SMILES string of the molecule is CC1O[C@@H](OCc2ccccc2)C(OCc2ccccc2)C(O)[C@H]1OCc1ccccc1. The summed E-state index contributed by atoms with van der Waals surface area (Å²) in [6.07, 6.45) is -3.18. The molecule has 0 aliphatic carbocycles. The molecule has 0 saturated carbocycles. The Labute approximate surface area is 189 Å². The van der Waals surface area contributed by atoms with E-state index in [1.54, 1.807) is 0 Å². The number of ether oxygens (including phenoxy) is 4. The van der Waals surface area contributed by atoms with Crippen LogP contribution in [0.2, 0.25) is 0 Å². The maximum absolute atomic E-state index is 11.2. The molecule has 3 unspecified atom stereocenters. The Hall–Kier alpha value is -2.54. The molecule has 5 nitrogen and oxygen atoms in total. The van der Waals surface area contributed by atoms with E-state index in [-0.39, 0.29) is 6.10 Å². The zero-order valence-electron chi connectivity index (χ0n) is 18.2. The lowest BCUT2D eigenvalue weighted by atomic mass is 9.99. The molecule has 3 aromatic rings. The maximum atomic E-state index is 11.2. The zero-order chi connectivity index (χ0) is 22.2. The van der Waals surface area contributed by atoms with Gasteiger partial charge < -0.3 is 24.1 Å². The average Bonchev–Trinajstić information content (AvgIpc) is 2.84.